The maximum absolute atomic E-state index is 12.7. The molecular weight excluding hydrogens is 334 g/mol. The Labute approximate surface area is 152 Å². The molecule has 0 aromatic carbocycles. The highest BCUT2D eigenvalue weighted by molar-refractivity contribution is 5.92. The van der Waals surface area contributed by atoms with E-state index < -0.39 is 0 Å². The number of hydrogen-bond donors (Lipinski definition) is 0. The summed E-state index contributed by atoms with van der Waals surface area (Å²) in [4.78, 5) is 22.8. The summed E-state index contributed by atoms with van der Waals surface area (Å²) in [6, 6.07) is 5.79. The SMILES string of the molecule is Cc1ncoc1C(=O)N1CCC[C@]2(C[C@H](OCc3ccccn3)CO2)C1. The van der Waals surface area contributed by atoms with Crippen LogP contribution < -0.4 is 0 Å². The molecule has 0 saturated carbocycles. The number of hydrogen-bond acceptors (Lipinski definition) is 6. The predicted octanol–water partition coefficient (Wildman–Crippen LogP) is 2.36. The number of piperidine rings is 1. The topological polar surface area (TPSA) is 77.7 Å². The van der Waals surface area contributed by atoms with Gasteiger partial charge in [-0.25, -0.2) is 4.98 Å². The second-order valence-corrected chi connectivity index (χ2v) is 7.05. The van der Waals surface area contributed by atoms with Gasteiger partial charge in [0.2, 0.25) is 5.76 Å². The molecule has 7 nitrogen and oxygen atoms in total. The molecule has 7 heteroatoms. The van der Waals surface area contributed by atoms with Crippen molar-refractivity contribution in [1.29, 1.82) is 0 Å². The Morgan fingerprint density at radius 3 is 3.12 bits per heavy atom. The second kappa shape index (κ2) is 7.17. The molecular formula is C19H23N3O4. The highest BCUT2D eigenvalue weighted by Gasteiger charge is 2.45. The number of aryl methyl sites for hydroxylation is 1. The Morgan fingerprint density at radius 1 is 1.42 bits per heavy atom. The number of rotatable bonds is 4. The monoisotopic (exact) mass is 357 g/mol. The molecule has 4 heterocycles. The summed E-state index contributed by atoms with van der Waals surface area (Å²) in [5, 5.41) is 0. The molecule has 1 amide bonds. The van der Waals surface area contributed by atoms with Crippen molar-refractivity contribution in [1.82, 2.24) is 14.9 Å². The molecule has 1 spiro atoms. The first kappa shape index (κ1) is 17.2. The molecule has 0 radical (unpaired) electrons. The van der Waals surface area contributed by atoms with E-state index in [0.717, 1.165) is 25.0 Å². The molecule has 2 aliphatic heterocycles. The second-order valence-electron chi connectivity index (χ2n) is 7.05. The van der Waals surface area contributed by atoms with Crippen LogP contribution in [0.15, 0.2) is 35.2 Å². The lowest BCUT2D eigenvalue weighted by molar-refractivity contribution is -0.0472. The van der Waals surface area contributed by atoms with Gasteiger partial charge in [-0.05, 0) is 31.9 Å². The third-order valence-electron chi connectivity index (χ3n) is 5.13. The fourth-order valence-electron chi connectivity index (χ4n) is 3.80. The minimum absolute atomic E-state index is 0.0269. The fourth-order valence-corrected chi connectivity index (χ4v) is 3.80. The normalized spacial score (nSPS) is 25.7. The molecule has 2 atom stereocenters. The quantitative estimate of drug-likeness (QED) is 0.836. The minimum Gasteiger partial charge on any atom is -0.438 e. The summed E-state index contributed by atoms with van der Waals surface area (Å²) in [5.41, 5.74) is 1.21. The highest BCUT2D eigenvalue weighted by Crippen LogP contribution is 2.36. The van der Waals surface area contributed by atoms with Crippen LogP contribution in [-0.2, 0) is 16.1 Å². The first-order valence-electron chi connectivity index (χ1n) is 9.00. The number of nitrogens with zero attached hydrogens (tertiary/aromatic N) is 3. The van der Waals surface area contributed by atoms with Crippen LogP contribution in [0.2, 0.25) is 0 Å². The molecule has 0 aliphatic carbocycles. The van der Waals surface area contributed by atoms with Gasteiger partial charge in [0, 0.05) is 19.2 Å². The van der Waals surface area contributed by atoms with E-state index in [9.17, 15) is 4.79 Å². The van der Waals surface area contributed by atoms with Gasteiger partial charge in [-0.1, -0.05) is 6.07 Å². The number of aromatic nitrogens is 2. The zero-order valence-corrected chi connectivity index (χ0v) is 14.9. The third-order valence-corrected chi connectivity index (χ3v) is 5.13. The standard InChI is InChI=1S/C19H23N3O4/c1-14-17(25-13-21-14)18(23)22-8-4-6-19(12-22)9-16(11-26-19)24-10-15-5-2-3-7-20-15/h2-3,5,7,13,16H,4,6,8-12H2,1H3/t16-,19-/m0/s1. The molecule has 2 fully saturated rings. The number of ether oxygens (including phenoxy) is 2. The largest absolute Gasteiger partial charge is 0.438 e. The Hall–Kier alpha value is -2.25. The Morgan fingerprint density at radius 2 is 2.35 bits per heavy atom. The van der Waals surface area contributed by atoms with Gasteiger partial charge in [0.1, 0.15) is 0 Å². The molecule has 2 aromatic heterocycles. The van der Waals surface area contributed by atoms with Crippen molar-refractivity contribution in [3.63, 3.8) is 0 Å². The molecule has 0 bridgehead atoms. The molecule has 26 heavy (non-hydrogen) atoms. The van der Waals surface area contributed by atoms with Gasteiger partial charge in [-0.3, -0.25) is 9.78 Å². The van der Waals surface area contributed by atoms with Gasteiger partial charge in [0.05, 0.1) is 42.9 Å². The molecule has 0 N–H and O–H groups in total. The number of carbonyl (C=O) groups excluding carboxylic acids is 1. The van der Waals surface area contributed by atoms with Crippen molar-refractivity contribution in [2.24, 2.45) is 0 Å². The highest BCUT2D eigenvalue weighted by atomic mass is 16.6. The summed E-state index contributed by atoms with van der Waals surface area (Å²) in [7, 11) is 0. The molecule has 2 saturated heterocycles. The van der Waals surface area contributed by atoms with E-state index in [1.807, 2.05) is 23.1 Å². The maximum Gasteiger partial charge on any atom is 0.291 e. The molecule has 2 aromatic rings. The number of pyridine rings is 1. The summed E-state index contributed by atoms with van der Waals surface area (Å²) in [6.45, 7) is 4.09. The van der Waals surface area contributed by atoms with Crippen molar-refractivity contribution >= 4 is 5.91 Å². The van der Waals surface area contributed by atoms with Crippen LogP contribution in [0.3, 0.4) is 0 Å². The average molecular weight is 357 g/mol. The van der Waals surface area contributed by atoms with Crippen LogP contribution >= 0.6 is 0 Å². The van der Waals surface area contributed by atoms with Crippen molar-refractivity contribution in [3.8, 4) is 0 Å². The maximum atomic E-state index is 12.7. The Kier molecular flexibility index (Phi) is 4.74. The van der Waals surface area contributed by atoms with E-state index in [0.29, 0.717) is 37.8 Å². The molecule has 2 aliphatic rings. The van der Waals surface area contributed by atoms with Gasteiger partial charge in [-0.2, -0.15) is 0 Å². The summed E-state index contributed by atoms with van der Waals surface area (Å²) < 4.78 is 17.4. The predicted molar refractivity (Wildman–Crippen MR) is 92.5 cm³/mol. The van der Waals surface area contributed by atoms with Crippen molar-refractivity contribution in [3.05, 3.63) is 47.9 Å². The first-order chi connectivity index (χ1) is 12.7. The van der Waals surface area contributed by atoms with E-state index in [4.69, 9.17) is 13.9 Å². The van der Waals surface area contributed by atoms with E-state index in [-0.39, 0.29) is 17.6 Å². The van der Waals surface area contributed by atoms with Gasteiger partial charge in [-0.15, -0.1) is 0 Å². The average Bonchev–Trinajstić information content (AvgIpc) is 3.27. The van der Waals surface area contributed by atoms with E-state index in [1.54, 1.807) is 13.1 Å². The third kappa shape index (κ3) is 3.50. The van der Waals surface area contributed by atoms with Gasteiger partial charge in [0.15, 0.2) is 6.39 Å². The summed E-state index contributed by atoms with van der Waals surface area (Å²) in [6.07, 6.45) is 5.75. The van der Waals surface area contributed by atoms with E-state index >= 15 is 0 Å². The van der Waals surface area contributed by atoms with Crippen LogP contribution in [0.1, 0.15) is 41.2 Å². The summed E-state index contributed by atoms with van der Waals surface area (Å²) >= 11 is 0. The minimum atomic E-state index is -0.323. The molecule has 4 rings (SSSR count). The fraction of sp³-hybridized carbons (Fsp3) is 0.526. The molecule has 0 unspecified atom stereocenters. The lowest BCUT2D eigenvalue weighted by atomic mass is 9.89. The number of likely N-dealkylation sites (tertiary alicyclic amines) is 1. The Bertz CT molecular complexity index is 763. The smallest absolute Gasteiger partial charge is 0.291 e. The summed E-state index contributed by atoms with van der Waals surface area (Å²) in [5.74, 6) is 0.212. The zero-order valence-electron chi connectivity index (χ0n) is 14.9. The van der Waals surface area contributed by atoms with Crippen LogP contribution in [0.5, 0.6) is 0 Å². The molecule has 138 valence electrons. The number of carbonyl (C=O) groups is 1. The van der Waals surface area contributed by atoms with E-state index in [1.165, 1.54) is 6.39 Å². The van der Waals surface area contributed by atoms with Crippen LogP contribution in [0.4, 0.5) is 0 Å². The van der Waals surface area contributed by atoms with Gasteiger partial charge in [0.25, 0.3) is 5.91 Å². The number of oxazole rings is 1. The van der Waals surface area contributed by atoms with Crippen LogP contribution in [0.25, 0.3) is 0 Å². The van der Waals surface area contributed by atoms with Crippen molar-refractivity contribution in [2.45, 2.75) is 44.5 Å². The lowest BCUT2D eigenvalue weighted by Crippen LogP contribution is -2.50. The van der Waals surface area contributed by atoms with Crippen LogP contribution in [-0.4, -0.2) is 52.2 Å². The van der Waals surface area contributed by atoms with Crippen LogP contribution in [0, 0.1) is 6.92 Å². The number of amides is 1. The van der Waals surface area contributed by atoms with Gasteiger partial charge < -0.3 is 18.8 Å². The van der Waals surface area contributed by atoms with Crippen molar-refractivity contribution < 1.29 is 18.7 Å². The lowest BCUT2D eigenvalue weighted by Gasteiger charge is -2.39. The zero-order chi connectivity index (χ0) is 18.0. The van der Waals surface area contributed by atoms with E-state index in [2.05, 4.69) is 9.97 Å². The first-order valence-corrected chi connectivity index (χ1v) is 9.00. The van der Waals surface area contributed by atoms with Crippen molar-refractivity contribution in [2.75, 3.05) is 19.7 Å². The Balaban J connectivity index is 1.36. The van der Waals surface area contributed by atoms with Gasteiger partial charge >= 0.3 is 0 Å².